The number of nitrogens with two attached hydrogens (primary N) is 1. The molecule has 1 aromatic heterocycles. The minimum atomic E-state index is -0.102. The lowest BCUT2D eigenvalue weighted by molar-refractivity contribution is 0.0681. The first-order valence-electron chi connectivity index (χ1n) is 6.54. The van der Waals surface area contributed by atoms with E-state index in [1.165, 1.54) is 0 Å². The predicted octanol–water partition coefficient (Wildman–Crippen LogP) is 2.55. The zero-order chi connectivity index (χ0) is 14.0. The van der Waals surface area contributed by atoms with Crippen LogP contribution >= 0.6 is 0 Å². The van der Waals surface area contributed by atoms with Gasteiger partial charge in [-0.2, -0.15) is 0 Å². The molecule has 1 heterocycles. The van der Waals surface area contributed by atoms with Crippen molar-refractivity contribution in [2.45, 2.75) is 26.8 Å². The highest BCUT2D eigenvalue weighted by atomic mass is 16.3. The molecule has 2 rings (SSSR count). The van der Waals surface area contributed by atoms with E-state index in [1.54, 1.807) is 11.0 Å². The number of carbonyl (C=O) groups is 1. The molecular weight excluding hydrogens is 240 g/mol. The van der Waals surface area contributed by atoms with Crippen LogP contribution in [0, 0.1) is 6.92 Å². The van der Waals surface area contributed by atoms with Gasteiger partial charge in [0.2, 0.25) is 0 Å². The Morgan fingerprint density at radius 2 is 2.11 bits per heavy atom. The van der Waals surface area contributed by atoms with E-state index in [1.807, 2.05) is 39.0 Å². The Kier molecular flexibility index (Phi) is 3.90. The fourth-order valence-electron chi connectivity index (χ4n) is 2.14. The van der Waals surface area contributed by atoms with Crippen LogP contribution < -0.4 is 5.73 Å². The fourth-order valence-corrected chi connectivity index (χ4v) is 2.14. The number of aryl methyl sites for hydroxylation is 1. The number of nitrogens with zero attached hydrogens (tertiary/aromatic N) is 1. The summed E-state index contributed by atoms with van der Waals surface area (Å²) in [7, 11) is 0. The SMILES string of the molecule is Cc1ccc2oc(C(=O)N(CCN)C(C)C)cc2c1. The van der Waals surface area contributed by atoms with Gasteiger partial charge in [-0.15, -0.1) is 0 Å². The number of furan rings is 1. The smallest absolute Gasteiger partial charge is 0.289 e. The third-order valence-electron chi connectivity index (χ3n) is 3.14. The van der Waals surface area contributed by atoms with E-state index in [0.717, 1.165) is 16.5 Å². The van der Waals surface area contributed by atoms with Crippen LogP contribution in [-0.4, -0.2) is 29.9 Å². The maximum absolute atomic E-state index is 12.4. The maximum atomic E-state index is 12.4. The van der Waals surface area contributed by atoms with Gasteiger partial charge in [-0.05, 0) is 39.0 Å². The number of benzene rings is 1. The molecule has 0 radical (unpaired) electrons. The Hall–Kier alpha value is -1.81. The van der Waals surface area contributed by atoms with Crippen molar-refractivity contribution in [2.24, 2.45) is 5.73 Å². The van der Waals surface area contributed by atoms with E-state index in [2.05, 4.69) is 0 Å². The molecule has 4 heteroatoms. The molecule has 0 spiro atoms. The predicted molar refractivity (Wildman–Crippen MR) is 76.2 cm³/mol. The van der Waals surface area contributed by atoms with Crippen LogP contribution in [0.2, 0.25) is 0 Å². The lowest BCUT2D eigenvalue weighted by Crippen LogP contribution is -2.40. The van der Waals surface area contributed by atoms with E-state index < -0.39 is 0 Å². The van der Waals surface area contributed by atoms with Crippen molar-refractivity contribution in [1.82, 2.24) is 4.90 Å². The average Bonchev–Trinajstić information content (AvgIpc) is 2.77. The first-order chi connectivity index (χ1) is 9.02. The zero-order valence-corrected chi connectivity index (χ0v) is 11.6. The summed E-state index contributed by atoms with van der Waals surface area (Å²) in [6.07, 6.45) is 0. The summed E-state index contributed by atoms with van der Waals surface area (Å²) in [4.78, 5) is 14.1. The Labute approximate surface area is 113 Å². The third-order valence-corrected chi connectivity index (χ3v) is 3.14. The van der Waals surface area contributed by atoms with Crippen molar-refractivity contribution in [1.29, 1.82) is 0 Å². The highest BCUT2D eigenvalue weighted by Gasteiger charge is 2.21. The van der Waals surface area contributed by atoms with Crippen molar-refractivity contribution in [2.75, 3.05) is 13.1 Å². The molecule has 0 fully saturated rings. The van der Waals surface area contributed by atoms with Gasteiger partial charge in [-0.25, -0.2) is 0 Å². The molecule has 0 saturated carbocycles. The van der Waals surface area contributed by atoms with Crippen LogP contribution in [-0.2, 0) is 0 Å². The van der Waals surface area contributed by atoms with Gasteiger partial charge in [0.25, 0.3) is 5.91 Å². The van der Waals surface area contributed by atoms with E-state index >= 15 is 0 Å². The Balaban J connectivity index is 2.34. The van der Waals surface area contributed by atoms with Crippen LogP contribution in [0.15, 0.2) is 28.7 Å². The molecule has 1 amide bonds. The van der Waals surface area contributed by atoms with Crippen molar-refractivity contribution >= 4 is 16.9 Å². The first kappa shape index (κ1) is 13.6. The third kappa shape index (κ3) is 2.79. The second-order valence-electron chi connectivity index (χ2n) is 5.03. The molecule has 0 bridgehead atoms. The number of hydrogen-bond acceptors (Lipinski definition) is 3. The van der Waals surface area contributed by atoms with Crippen LogP contribution in [0.4, 0.5) is 0 Å². The minimum Gasteiger partial charge on any atom is -0.451 e. The highest BCUT2D eigenvalue weighted by molar-refractivity contribution is 5.96. The Morgan fingerprint density at radius 3 is 2.74 bits per heavy atom. The summed E-state index contributed by atoms with van der Waals surface area (Å²) in [6.45, 7) is 6.94. The van der Waals surface area contributed by atoms with Gasteiger partial charge in [0, 0.05) is 24.5 Å². The van der Waals surface area contributed by atoms with Gasteiger partial charge in [0.15, 0.2) is 5.76 Å². The molecule has 0 aliphatic carbocycles. The molecule has 4 nitrogen and oxygen atoms in total. The van der Waals surface area contributed by atoms with E-state index in [9.17, 15) is 4.79 Å². The van der Waals surface area contributed by atoms with Crippen LogP contribution in [0.3, 0.4) is 0 Å². The number of rotatable bonds is 4. The van der Waals surface area contributed by atoms with Gasteiger partial charge >= 0.3 is 0 Å². The van der Waals surface area contributed by atoms with Gasteiger partial charge in [0.1, 0.15) is 5.58 Å². The number of carbonyl (C=O) groups excluding carboxylic acids is 1. The standard InChI is InChI=1S/C15H20N2O2/c1-10(2)17(7-6-16)15(18)14-9-12-8-11(3)4-5-13(12)19-14/h4-5,8-10H,6-7,16H2,1-3H3. The summed E-state index contributed by atoms with van der Waals surface area (Å²) in [6, 6.07) is 7.78. The van der Waals surface area contributed by atoms with Gasteiger partial charge in [-0.1, -0.05) is 11.6 Å². The fraction of sp³-hybridized carbons (Fsp3) is 0.400. The van der Waals surface area contributed by atoms with Crippen LogP contribution in [0.25, 0.3) is 11.0 Å². The monoisotopic (exact) mass is 260 g/mol. The number of fused-ring (bicyclic) bond motifs is 1. The topological polar surface area (TPSA) is 59.5 Å². The van der Waals surface area contributed by atoms with Crippen molar-refractivity contribution in [3.63, 3.8) is 0 Å². The second-order valence-corrected chi connectivity index (χ2v) is 5.03. The summed E-state index contributed by atoms with van der Waals surface area (Å²) < 4.78 is 5.63. The normalized spacial score (nSPS) is 11.2. The Bertz CT molecular complexity index is 587. The van der Waals surface area contributed by atoms with E-state index in [-0.39, 0.29) is 11.9 Å². The molecule has 2 aromatic rings. The second kappa shape index (κ2) is 5.45. The molecule has 0 atom stereocenters. The highest BCUT2D eigenvalue weighted by Crippen LogP contribution is 2.22. The molecule has 0 aliphatic heterocycles. The summed E-state index contributed by atoms with van der Waals surface area (Å²) in [5, 5.41) is 0.958. The summed E-state index contributed by atoms with van der Waals surface area (Å²) in [5.74, 6) is 0.275. The largest absolute Gasteiger partial charge is 0.451 e. The summed E-state index contributed by atoms with van der Waals surface area (Å²) in [5.41, 5.74) is 7.44. The van der Waals surface area contributed by atoms with Crippen LogP contribution in [0.5, 0.6) is 0 Å². The summed E-state index contributed by atoms with van der Waals surface area (Å²) >= 11 is 0. The number of amides is 1. The Morgan fingerprint density at radius 1 is 1.37 bits per heavy atom. The van der Waals surface area contributed by atoms with Gasteiger partial charge in [0.05, 0.1) is 0 Å². The molecular formula is C15H20N2O2. The van der Waals surface area contributed by atoms with Gasteiger partial charge in [-0.3, -0.25) is 4.79 Å². The van der Waals surface area contributed by atoms with E-state index in [0.29, 0.717) is 18.8 Å². The minimum absolute atomic E-state index is 0.102. The first-order valence-corrected chi connectivity index (χ1v) is 6.54. The van der Waals surface area contributed by atoms with Crippen molar-refractivity contribution < 1.29 is 9.21 Å². The molecule has 2 N–H and O–H groups in total. The van der Waals surface area contributed by atoms with E-state index in [4.69, 9.17) is 10.2 Å². The maximum Gasteiger partial charge on any atom is 0.289 e. The molecule has 0 unspecified atom stereocenters. The van der Waals surface area contributed by atoms with Crippen LogP contribution in [0.1, 0.15) is 30.0 Å². The average molecular weight is 260 g/mol. The zero-order valence-electron chi connectivity index (χ0n) is 11.6. The quantitative estimate of drug-likeness (QED) is 0.919. The van der Waals surface area contributed by atoms with Crippen molar-refractivity contribution in [3.8, 4) is 0 Å². The van der Waals surface area contributed by atoms with Gasteiger partial charge < -0.3 is 15.1 Å². The molecule has 0 aliphatic rings. The molecule has 1 aromatic carbocycles. The van der Waals surface area contributed by atoms with Crippen molar-refractivity contribution in [3.05, 3.63) is 35.6 Å². The number of hydrogen-bond donors (Lipinski definition) is 1. The molecule has 102 valence electrons. The lowest BCUT2D eigenvalue weighted by atomic mass is 10.2. The lowest BCUT2D eigenvalue weighted by Gasteiger charge is -2.24. The molecule has 0 saturated heterocycles. The molecule has 19 heavy (non-hydrogen) atoms.